The number of para-hydroxylation sites is 1. The maximum Gasteiger partial charge on any atom is 0.0540 e. The Bertz CT molecular complexity index is 10500. The van der Waals surface area contributed by atoms with Gasteiger partial charge in [0, 0.05) is 112 Å². The molecular weight excluding hydrogens is 1870 g/mol. The highest BCUT2D eigenvalue weighted by molar-refractivity contribution is 7.27. The fraction of sp³-hybridized carbons (Fsp3) is 0. The van der Waals surface area contributed by atoms with Gasteiger partial charge in [-0.05, 0) is 298 Å². The Labute approximate surface area is 881 Å². The first-order chi connectivity index (χ1) is 74.3. The van der Waals surface area contributed by atoms with Crippen LogP contribution in [-0.2, 0) is 0 Å². The van der Waals surface area contributed by atoms with E-state index in [9.17, 15) is 0 Å². The third kappa shape index (κ3) is 16.2. The van der Waals surface area contributed by atoms with Gasteiger partial charge in [0.05, 0.1) is 5.69 Å². The first kappa shape index (κ1) is 89.0. The Morgan fingerprint density at radius 1 is 0.113 bits per heavy atom. The Kier molecular flexibility index (Phi) is 22.6. The monoisotopic (exact) mass is 1960 g/mol. The van der Waals surface area contributed by atoms with Gasteiger partial charge in [-0.15, -0.1) is 34.0 Å². The van der Waals surface area contributed by atoms with Crippen LogP contribution in [0.4, 0.5) is 51.2 Å². The van der Waals surface area contributed by atoms with Crippen LogP contribution < -0.4 is 14.7 Å². The van der Waals surface area contributed by atoms with E-state index in [0.717, 1.165) is 51.2 Å². The molecule has 0 amide bonds. The number of hydrogen-bond donors (Lipinski definition) is 0. The molecule has 0 spiro atoms. The van der Waals surface area contributed by atoms with Crippen LogP contribution in [0.5, 0.6) is 0 Å². The third-order valence-corrected chi connectivity index (χ3v) is 33.8. The van der Waals surface area contributed by atoms with Crippen molar-refractivity contribution in [3.05, 3.63) is 564 Å². The molecule has 30 rings (SSSR count). The highest BCUT2D eigenvalue weighted by Gasteiger charge is 2.25. The summed E-state index contributed by atoms with van der Waals surface area (Å²) >= 11 is 5.66. The topological polar surface area (TPSA) is 9.72 Å². The van der Waals surface area contributed by atoms with Crippen LogP contribution in [0.3, 0.4) is 0 Å². The second-order valence-electron chi connectivity index (χ2n) is 38.8. The van der Waals surface area contributed by atoms with Gasteiger partial charge in [0.25, 0.3) is 0 Å². The second kappa shape index (κ2) is 38.1. The van der Waals surface area contributed by atoms with Crippen LogP contribution in [0.15, 0.2) is 564 Å². The van der Waals surface area contributed by atoms with Gasteiger partial charge >= 0.3 is 0 Å². The van der Waals surface area contributed by atoms with E-state index in [1.54, 1.807) is 0 Å². The lowest BCUT2D eigenvalue weighted by Gasteiger charge is -2.28. The molecule has 3 heterocycles. The van der Waals surface area contributed by atoms with Crippen molar-refractivity contribution in [2.45, 2.75) is 0 Å². The Balaban J connectivity index is 0.000000108. The minimum atomic E-state index is 1.12. The molecule has 3 aromatic heterocycles. The van der Waals surface area contributed by atoms with Crippen LogP contribution >= 0.6 is 34.0 Å². The fourth-order valence-corrected chi connectivity index (χ4v) is 26.5. The van der Waals surface area contributed by atoms with Gasteiger partial charge in [-0.25, -0.2) is 0 Å². The van der Waals surface area contributed by atoms with Gasteiger partial charge in [0.1, 0.15) is 0 Å². The summed E-state index contributed by atoms with van der Waals surface area (Å²) in [6.45, 7) is 0. The van der Waals surface area contributed by atoms with E-state index in [1.807, 2.05) is 34.0 Å². The molecule has 0 aliphatic heterocycles. The predicted octanol–water partition coefficient (Wildman–Crippen LogP) is 43.0. The lowest BCUT2D eigenvalue weighted by Crippen LogP contribution is -2.11. The van der Waals surface area contributed by atoms with E-state index >= 15 is 0 Å². The predicted molar refractivity (Wildman–Crippen MR) is 652 cm³/mol. The van der Waals surface area contributed by atoms with E-state index in [2.05, 4.69) is 579 Å². The average Bonchev–Trinajstić information content (AvgIpc) is 1.47. The zero-order valence-corrected chi connectivity index (χ0v) is 84.2. The number of hydrogen-bond acceptors (Lipinski definition) is 6. The van der Waals surface area contributed by atoms with E-state index in [1.165, 1.54) is 224 Å². The minimum absolute atomic E-state index is 1.12. The summed E-state index contributed by atoms with van der Waals surface area (Å²) < 4.78 is 7.95. The quantitative estimate of drug-likeness (QED) is 0.0947. The zero-order valence-electron chi connectivity index (χ0n) is 81.8. The lowest BCUT2D eigenvalue weighted by molar-refractivity contribution is 1.29. The summed E-state index contributed by atoms with van der Waals surface area (Å²) in [5.41, 5.74) is 24.7. The van der Waals surface area contributed by atoms with E-state index < -0.39 is 0 Å². The van der Waals surface area contributed by atoms with Gasteiger partial charge in [0.15, 0.2) is 0 Å². The molecule has 0 bridgehead atoms. The van der Waals surface area contributed by atoms with E-state index in [4.69, 9.17) is 0 Å². The number of fused-ring (bicyclic) bond motifs is 24. The number of rotatable bonds is 15. The van der Waals surface area contributed by atoms with Crippen molar-refractivity contribution in [3.63, 3.8) is 0 Å². The van der Waals surface area contributed by atoms with Crippen molar-refractivity contribution in [1.82, 2.24) is 0 Å². The van der Waals surface area contributed by atoms with E-state index in [-0.39, 0.29) is 0 Å². The average molecular weight is 1960 g/mol. The van der Waals surface area contributed by atoms with Crippen molar-refractivity contribution >= 4 is 243 Å². The minimum Gasteiger partial charge on any atom is -0.310 e. The molecule has 27 aromatic carbocycles. The molecule has 0 fully saturated rings. The first-order valence-electron chi connectivity index (χ1n) is 51.3. The largest absolute Gasteiger partial charge is 0.310 e. The summed E-state index contributed by atoms with van der Waals surface area (Å²) in [6, 6.07) is 206. The molecule has 0 aliphatic carbocycles. The molecule has 0 saturated heterocycles. The Morgan fingerprint density at radius 2 is 0.373 bits per heavy atom. The molecule has 3 nitrogen and oxygen atoms in total. The molecule has 6 heteroatoms. The standard InChI is InChI=1S/3C48H31NS/c1-2-12-32(13-3-1)39-17-10-11-21-46(39)49(37-27-29-47-45(31-37)43-28-24-33-14-4-7-18-40(33)48(43)50-47)36-25-22-34(23-26-36)44-30-35-15-5-6-16-38(35)41-19-8-9-20-42(41)44;1-2-10-32(11-3-1)33-18-23-37(24-19-33)49(39-27-29-47-46(31-39)44-28-22-34-12-4-7-15-41(34)48(44)50-47)38-25-20-35(21-26-38)45-30-36-13-5-6-14-40(36)42-16-8-9-17-43(42)45;1-2-9-32(10-3-1)36-13-8-14-40(30-36)49(41-25-28-47-46(31-41)45-27-21-35-12-5-7-16-44(35)48(45)50-47)39-23-19-33(20-24-39)37-22-26-43-38(29-37)18-17-34-11-4-6-15-42(34)43/h3*1-31H. The molecule has 0 unspecified atom stereocenters. The number of nitrogens with zero attached hydrogens (tertiary/aromatic N) is 3. The molecular formula is C144H93N3S3. The summed E-state index contributed by atoms with van der Waals surface area (Å²) in [6.07, 6.45) is 0. The Morgan fingerprint density at radius 3 is 0.827 bits per heavy atom. The molecule has 702 valence electrons. The second-order valence-corrected chi connectivity index (χ2v) is 42.0. The van der Waals surface area contributed by atoms with Crippen molar-refractivity contribution < 1.29 is 0 Å². The number of benzene rings is 27. The first-order valence-corrected chi connectivity index (χ1v) is 53.7. The van der Waals surface area contributed by atoms with Crippen LogP contribution in [0.25, 0.3) is 224 Å². The van der Waals surface area contributed by atoms with E-state index in [0.29, 0.717) is 0 Å². The maximum atomic E-state index is 2.43. The van der Waals surface area contributed by atoms with Crippen molar-refractivity contribution in [1.29, 1.82) is 0 Å². The van der Waals surface area contributed by atoms with Crippen LogP contribution in [0.1, 0.15) is 0 Å². The number of anilines is 9. The zero-order chi connectivity index (χ0) is 99.1. The lowest BCUT2D eigenvalue weighted by atomic mass is 9.93. The smallest absolute Gasteiger partial charge is 0.0540 e. The van der Waals surface area contributed by atoms with Gasteiger partial charge in [0.2, 0.25) is 0 Å². The third-order valence-electron chi connectivity index (χ3n) is 30.1. The molecule has 30 aromatic rings. The molecule has 0 radical (unpaired) electrons. The van der Waals surface area contributed by atoms with Crippen molar-refractivity contribution in [3.8, 4) is 66.8 Å². The van der Waals surface area contributed by atoms with Gasteiger partial charge in [-0.1, -0.05) is 425 Å². The summed E-state index contributed by atoms with van der Waals surface area (Å²) in [5, 5.41) is 30.9. The van der Waals surface area contributed by atoms with Crippen molar-refractivity contribution in [2.75, 3.05) is 14.7 Å². The summed E-state index contributed by atoms with van der Waals surface area (Å²) in [5.74, 6) is 0. The van der Waals surface area contributed by atoms with Crippen LogP contribution in [-0.4, -0.2) is 0 Å². The molecule has 0 N–H and O–H groups in total. The SMILES string of the molecule is c1ccc(-c2ccc(N(c3ccc(-c4cc5ccccc5c5ccccc45)cc3)c3ccc4sc5c6ccccc6ccc5c4c3)cc2)cc1.c1ccc(-c2cccc(N(c3ccc(-c4ccc5c(ccc6ccccc65)c4)cc3)c3ccc4sc5c6ccccc6ccc5c4c3)c2)cc1.c1ccc(-c2ccccc2N(c2ccc(-c3cc4ccccc4c4ccccc34)cc2)c2ccc3sc4c5ccccc5ccc4c3c2)cc1. The Hall–Kier alpha value is -18.7. The van der Waals surface area contributed by atoms with Gasteiger partial charge < -0.3 is 14.7 Å². The summed E-state index contributed by atoms with van der Waals surface area (Å²) in [7, 11) is 0. The highest BCUT2D eigenvalue weighted by Crippen LogP contribution is 2.52. The molecule has 150 heavy (non-hydrogen) atoms. The van der Waals surface area contributed by atoms with Gasteiger partial charge in [-0.2, -0.15) is 0 Å². The normalized spacial score (nSPS) is 11.6. The molecule has 0 saturated carbocycles. The summed E-state index contributed by atoms with van der Waals surface area (Å²) in [4.78, 5) is 7.21. The number of thiophene rings is 3. The van der Waals surface area contributed by atoms with Crippen LogP contribution in [0, 0.1) is 0 Å². The fourth-order valence-electron chi connectivity index (χ4n) is 22.8. The van der Waals surface area contributed by atoms with Crippen LogP contribution in [0.2, 0.25) is 0 Å². The van der Waals surface area contributed by atoms with Crippen molar-refractivity contribution in [2.24, 2.45) is 0 Å². The highest BCUT2D eigenvalue weighted by atomic mass is 32.1. The van der Waals surface area contributed by atoms with Gasteiger partial charge in [-0.3, -0.25) is 0 Å². The maximum absolute atomic E-state index is 2.43. The molecule has 0 atom stereocenters. The molecule has 0 aliphatic rings.